The Labute approximate surface area is 116 Å². The summed E-state index contributed by atoms with van der Waals surface area (Å²) in [5.74, 6) is -0.0691. The van der Waals surface area contributed by atoms with E-state index in [0.29, 0.717) is 17.7 Å². The van der Waals surface area contributed by atoms with Crippen molar-refractivity contribution in [3.8, 4) is 17.6 Å². The van der Waals surface area contributed by atoms with Crippen molar-refractivity contribution in [3.63, 3.8) is 0 Å². The summed E-state index contributed by atoms with van der Waals surface area (Å²) in [6.45, 7) is 1.76. The molecule has 2 rings (SSSR count). The van der Waals surface area contributed by atoms with Gasteiger partial charge in [-0.1, -0.05) is 19.1 Å². The highest BCUT2D eigenvalue weighted by molar-refractivity contribution is 5.98. The van der Waals surface area contributed by atoms with Crippen molar-refractivity contribution in [2.24, 2.45) is 0 Å². The quantitative estimate of drug-likeness (QED) is 0.786. The number of hydrogen-bond donors (Lipinski definition) is 0. The van der Waals surface area contributed by atoms with Crippen molar-refractivity contribution in [3.05, 3.63) is 59.4 Å². The second-order valence-corrected chi connectivity index (χ2v) is 4.13. The van der Waals surface area contributed by atoms with Gasteiger partial charge in [0.25, 0.3) is 0 Å². The van der Waals surface area contributed by atoms with E-state index in [4.69, 9.17) is 10.00 Å². The van der Waals surface area contributed by atoms with Gasteiger partial charge < -0.3 is 4.74 Å². The lowest BCUT2D eigenvalue weighted by atomic mass is 10.1. The van der Waals surface area contributed by atoms with Gasteiger partial charge in [-0.3, -0.25) is 4.79 Å². The van der Waals surface area contributed by atoms with Crippen LogP contribution in [0.25, 0.3) is 0 Å². The Bertz CT molecular complexity index is 689. The van der Waals surface area contributed by atoms with E-state index in [1.165, 1.54) is 12.1 Å². The zero-order valence-electron chi connectivity index (χ0n) is 10.9. The summed E-state index contributed by atoms with van der Waals surface area (Å²) < 4.78 is 19.1. The maximum Gasteiger partial charge on any atom is 0.166 e. The first-order valence-electron chi connectivity index (χ1n) is 6.15. The SMILES string of the molecule is CCC(=O)c1ccccc1Oc1ccc(C#N)c(F)c1. The third-order valence-electron chi connectivity index (χ3n) is 2.80. The first-order valence-corrected chi connectivity index (χ1v) is 6.15. The monoisotopic (exact) mass is 269 g/mol. The lowest BCUT2D eigenvalue weighted by Crippen LogP contribution is -2.00. The van der Waals surface area contributed by atoms with Gasteiger partial charge in [0.1, 0.15) is 23.4 Å². The molecular formula is C16H12FNO2. The molecule has 100 valence electrons. The Morgan fingerprint density at radius 3 is 2.70 bits per heavy atom. The van der Waals surface area contributed by atoms with E-state index < -0.39 is 5.82 Å². The number of nitrogens with zero attached hydrogens (tertiary/aromatic N) is 1. The highest BCUT2D eigenvalue weighted by Crippen LogP contribution is 2.27. The lowest BCUT2D eigenvalue weighted by molar-refractivity contribution is 0.0986. The minimum absolute atomic E-state index is 0.0460. The predicted octanol–water partition coefficient (Wildman–Crippen LogP) is 4.08. The van der Waals surface area contributed by atoms with Crippen molar-refractivity contribution in [1.82, 2.24) is 0 Å². The topological polar surface area (TPSA) is 50.1 Å². The highest BCUT2D eigenvalue weighted by atomic mass is 19.1. The summed E-state index contributed by atoms with van der Waals surface area (Å²) in [4.78, 5) is 11.8. The first kappa shape index (κ1) is 13.8. The molecule has 2 aromatic carbocycles. The van der Waals surface area contributed by atoms with E-state index in [2.05, 4.69) is 0 Å². The number of rotatable bonds is 4. The van der Waals surface area contributed by atoms with Crippen LogP contribution in [0.5, 0.6) is 11.5 Å². The Hall–Kier alpha value is -2.67. The van der Waals surface area contributed by atoms with Crippen LogP contribution in [0.1, 0.15) is 29.3 Å². The zero-order valence-corrected chi connectivity index (χ0v) is 10.9. The fourth-order valence-corrected chi connectivity index (χ4v) is 1.75. The van der Waals surface area contributed by atoms with Gasteiger partial charge in [-0.15, -0.1) is 0 Å². The Balaban J connectivity index is 2.33. The van der Waals surface area contributed by atoms with Crippen LogP contribution in [-0.4, -0.2) is 5.78 Å². The average Bonchev–Trinajstić information content (AvgIpc) is 2.47. The van der Waals surface area contributed by atoms with Crippen molar-refractivity contribution < 1.29 is 13.9 Å². The number of ketones is 1. The van der Waals surface area contributed by atoms with Crippen LogP contribution in [0.15, 0.2) is 42.5 Å². The number of hydrogen-bond acceptors (Lipinski definition) is 3. The van der Waals surface area contributed by atoms with Crippen LogP contribution in [0, 0.1) is 17.1 Å². The van der Waals surface area contributed by atoms with Crippen molar-refractivity contribution in [2.45, 2.75) is 13.3 Å². The van der Waals surface area contributed by atoms with Gasteiger partial charge in [-0.05, 0) is 24.3 Å². The van der Waals surface area contributed by atoms with E-state index in [9.17, 15) is 9.18 Å². The second-order valence-electron chi connectivity index (χ2n) is 4.13. The summed E-state index contributed by atoms with van der Waals surface area (Å²) in [5.41, 5.74) is 0.412. The number of carbonyl (C=O) groups excluding carboxylic acids is 1. The molecule has 0 aliphatic heterocycles. The van der Waals surface area contributed by atoms with E-state index in [1.54, 1.807) is 37.3 Å². The molecule has 0 saturated carbocycles. The summed E-state index contributed by atoms with van der Waals surface area (Å²) >= 11 is 0. The standard InChI is InChI=1S/C16H12FNO2/c1-2-15(19)13-5-3-4-6-16(13)20-12-8-7-11(10-18)14(17)9-12/h3-9H,2H2,1H3. The molecule has 0 spiro atoms. The number of para-hydroxylation sites is 1. The molecule has 0 unspecified atom stereocenters. The lowest BCUT2D eigenvalue weighted by Gasteiger charge is -2.10. The van der Waals surface area contributed by atoms with Gasteiger partial charge in [0.15, 0.2) is 5.78 Å². The fraction of sp³-hybridized carbons (Fsp3) is 0.125. The molecule has 2 aromatic rings. The molecule has 20 heavy (non-hydrogen) atoms. The van der Waals surface area contributed by atoms with E-state index in [1.807, 2.05) is 0 Å². The van der Waals surface area contributed by atoms with Crippen molar-refractivity contribution >= 4 is 5.78 Å². The Kier molecular flexibility index (Phi) is 4.11. The summed E-state index contributed by atoms with van der Waals surface area (Å²) in [7, 11) is 0. The van der Waals surface area contributed by atoms with Gasteiger partial charge in [-0.25, -0.2) is 4.39 Å². The predicted molar refractivity (Wildman–Crippen MR) is 72.3 cm³/mol. The molecule has 4 heteroatoms. The number of benzene rings is 2. The van der Waals surface area contributed by atoms with Crippen LogP contribution in [0.2, 0.25) is 0 Å². The average molecular weight is 269 g/mol. The molecule has 0 bridgehead atoms. The fourth-order valence-electron chi connectivity index (χ4n) is 1.75. The maximum atomic E-state index is 13.5. The summed E-state index contributed by atoms with van der Waals surface area (Å²) in [5, 5.41) is 8.67. The van der Waals surface area contributed by atoms with Gasteiger partial charge in [0, 0.05) is 12.5 Å². The molecule has 0 aliphatic rings. The van der Waals surface area contributed by atoms with Gasteiger partial charge in [0.05, 0.1) is 11.1 Å². The molecule has 0 saturated heterocycles. The smallest absolute Gasteiger partial charge is 0.166 e. The van der Waals surface area contributed by atoms with Crippen LogP contribution >= 0.6 is 0 Å². The number of carbonyl (C=O) groups is 1. The molecule has 3 nitrogen and oxygen atoms in total. The molecule has 0 amide bonds. The molecule has 0 aliphatic carbocycles. The number of ether oxygens (including phenoxy) is 1. The highest BCUT2D eigenvalue weighted by Gasteiger charge is 2.11. The molecule has 0 N–H and O–H groups in total. The van der Waals surface area contributed by atoms with Crippen LogP contribution in [0.3, 0.4) is 0 Å². The normalized spacial score (nSPS) is 9.85. The molecular weight excluding hydrogens is 257 g/mol. The van der Waals surface area contributed by atoms with E-state index in [-0.39, 0.29) is 17.1 Å². The largest absolute Gasteiger partial charge is 0.457 e. The Morgan fingerprint density at radius 2 is 2.05 bits per heavy atom. The first-order chi connectivity index (χ1) is 9.65. The number of nitriles is 1. The zero-order chi connectivity index (χ0) is 14.5. The molecule has 0 fully saturated rings. The maximum absolute atomic E-state index is 13.5. The number of halogens is 1. The summed E-state index contributed by atoms with van der Waals surface area (Å²) in [6, 6.07) is 12.5. The third-order valence-corrected chi connectivity index (χ3v) is 2.80. The third kappa shape index (κ3) is 2.83. The summed E-state index contributed by atoms with van der Waals surface area (Å²) in [6.07, 6.45) is 0.363. The van der Waals surface area contributed by atoms with Gasteiger partial charge >= 0.3 is 0 Å². The van der Waals surface area contributed by atoms with Crippen molar-refractivity contribution in [2.75, 3.05) is 0 Å². The molecule has 0 atom stereocenters. The van der Waals surface area contributed by atoms with E-state index in [0.717, 1.165) is 6.07 Å². The van der Waals surface area contributed by atoms with Gasteiger partial charge in [-0.2, -0.15) is 5.26 Å². The van der Waals surface area contributed by atoms with Crippen LogP contribution in [-0.2, 0) is 0 Å². The minimum Gasteiger partial charge on any atom is -0.457 e. The van der Waals surface area contributed by atoms with E-state index >= 15 is 0 Å². The number of Topliss-reactive ketones (excluding diaryl/α,β-unsaturated/α-hetero) is 1. The minimum atomic E-state index is -0.649. The molecule has 0 heterocycles. The molecule has 0 radical (unpaired) electrons. The van der Waals surface area contributed by atoms with Crippen LogP contribution < -0.4 is 4.74 Å². The molecule has 0 aromatic heterocycles. The second kappa shape index (κ2) is 5.98. The Morgan fingerprint density at radius 1 is 1.30 bits per heavy atom. The van der Waals surface area contributed by atoms with Crippen molar-refractivity contribution in [1.29, 1.82) is 5.26 Å². The van der Waals surface area contributed by atoms with Gasteiger partial charge in [0.2, 0.25) is 0 Å². The van der Waals surface area contributed by atoms with Crippen LogP contribution in [0.4, 0.5) is 4.39 Å².